The molecule has 1 atom stereocenters. The van der Waals surface area contributed by atoms with Crippen LogP contribution in [0.5, 0.6) is 11.6 Å². The number of aromatic nitrogens is 3. The van der Waals surface area contributed by atoms with E-state index >= 15 is 0 Å². The molecule has 4 aromatic rings. The molecular weight excluding hydrogens is 531 g/mol. The molecule has 0 aliphatic carbocycles. The summed E-state index contributed by atoms with van der Waals surface area (Å²) in [6.07, 6.45) is -6.97. The van der Waals surface area contributed by atoms with Gasteiger partial charge in [-0.1, -0.05) is 29.4 Å². The van der Waals surface area contributed by atoms with Gasteiger partial charge in [0.15, 0.2) is 18.2 Å². The molecule has 3 heterocycles. The maximum Gasteiger partial charge on any atom is 0.491 e. The average molecular weight is 548 g/mol. The number of fused-ring (bicyclic) bond motifs is 1. The van der Waals surface area contributed by atoms with Crippen LogP contribution >= 0.6 is 0 Å². The summed E-state index contributed by atoms with van der Waals surface area (Å²) in [6, 6.07) is 13.2. The summed E-state index contributed by atoms with van der Waals surface area (Å²) < 4.78 is 83.3. The molecule has 0 spiro atoms. The number of halogens is 5. The number of pyridine rings is 1. The number of amides is 1. The lowest BCUT2D eigenvalue weighted by Crippen LogP contribution is -2.55. The van der Waals surface area contributed by atoms with Crippen molar-refractivity contribution in [2.45, 2.75) is 24.6 Å². The second-order valence-corrected chi connectivity index (χ2v) is 8.57. The Balaban J connectivity index is 1.42. The molecular formula is C25H17F5N4O5. The van der Waals surface area contributed by atoms with E-state index in [4.69, 9.17) is 9.26 Å². The summed E-state index contributed by atoms with van der Waals surface area (Å²) in [5.74, 6) is -8.04. The molecule has 1 aliphatic heterocycles. The molecule has 39 heavy (non-hydrogen) atoms. The Morgan fingerprint density at radius 2 is 1.87 bits per heavy atom. The molecule has 0 radical (unpaired) electrons. The highest BCUT2D eigenvalue weighted by molar-refractivity contribution is 5.95. The maximum absolute atomic E-state index is 14.9. The number of rotatable bonds is 5. The molecule has 1 amide bonds. The van der Waals surface area contributed by atoms with Gasteiger partial charge in [0, 0.05) is 29.5 Å². The first-order valence-electron chi connectivity index (χ1n) is 11.4. The van der Waals surface area contributed by atoms with Crippen LogP contribution in [0.25, 0.3) is 22.4 Å². The Morgan fingerprint density at radius 3 is 2.62 bits per heavy atom. The summed E-state index contributed by atoms with van der Waals surface area (Å²) >= 11 is 0. The van der Waals surface area contributed by atoms with E-state index in [2.05, 4.69) is 19.9 Å². The zero-order chi connectivity index (χ0) is 27.8. The third kappa shape index (κ3) is 5.49. The zero-order valence-electron chi connectivity index (χ0n) is 19.7. The van der Waals surface area contributed by atoms with Crippen molar-refractivity contribution < 1.29 is 45.5 Å². The lowest BCUT2D eigenvalue weighted by molar-refractivity contribution is -0.190. The highest BCUT2D eigenvalue weighted by atomic mass is 19.4. The molecule has 1 aliphatic rings. The summed E-state index contributed by atoms with van der Waals surface area (Å²) in [7, 11) is 0. The molecule has 1 fully saturated rings. The Labute approximate surface area is 216 Å². The number of likely N-dealkylation sites (tertiary alicyclic amines) is 1. The van der Waals surface area contributed by atoms with Crippen molar-refractivity contribution in [1.29, 1.82) is 0 Å². The number of piperidine rings is 1. The lowest BCUT2D eigenvalue weighted by Gasteiger charge is -2.38. The summed E-state index contributed by atoms with van der Waals surface area (Å²) in [5, 5.41) is 3.79. The van der Waals surface area contributed by atoms with Crippen LogP contribution in [0.2, 0.25) is 0 Å². The third-order valence-corrected chi connectivity index (χ3v) is 5.92. The quantitative estimate of drug-likeness (QED) is 0.261. The minimum absolute atomic E-state index is 0.151. The lowest BCUT2D eigenvalue weighted by atomic mass is 10.0. The van der Waals surface area contributed by atoms with Crippen LogP contribution in [0.15, 0.2) is 65.4 Å². The zero-order valence-corrected chi connectivity index (χ0v) is 19.7. The highest BCUT2D eigenvalue weighted by Gasteiger charge is 2.48. The van der Waals surface area contributed by atoms with Crippen molar-refractivity contribution in [1.82, 2.24) is 20.0 Å². The average Bonchev–Trinajstić information content (AvgIpc) is 3.44. The van der Waals surface area contributed by atoms with E-state index in [0.717, 1.165) is 11.0 Å². The van der Waals surface area contributed by atoms with E-state index < -0.39 is 54.7 Å². The molecule has 1 saturated heterocycles. The number of alkyl halides is 5. The SMILES string of the molecule is O=C(c1cccc(-c2ncno2)c1)N1CCC(F)(F)[C@@H](Oc2nc3ccccc3cc2OC(=O)C(F)(F)F)C1. The van der Waals surface area contributed by atoms with Gasteiger partial charge in [-0.2, -0.15) is 18.2 Å². The summed E-state index contributed by atoms with van der Waals surface area (Å²) in [5.41, 5.74) is 0.785. The molecule has 0 bridgehead atoms. The van der Waals surface area contributed by atoms with Crippen LogP contribution < -0.4 is 9.47 Å². The predicted molar refractivity (Wildman–Crippen MR) is 123 cm³/mol. The molecule has 9 nitrogen and oxygen atoms in total. The first kappa shape index (κ1) is 26.0. The second-order valence-electron chi connectivity index (χ2n) is 8.57. The number of nitrogens with zero attached hydrogens (tertiary/aromatic N) is 4. The van der Waals surface area contributed by atoms with Gasteiger partial charge < -0.3 is 18.9 Å². The Kier molecular flexibility index (Phi) is 6.62. The molecule has 5 rings (SSSR count). The van der Waals surface area contributed by atoms with E-state index in [-0.39, 0.29) is 28.9 Å². The van der Waals surface area contributed by atoms with Gasteiger partial charge in [0.1, 0.15) is 0 Å². The molecule has 0 N–H and O–H groups in total. The van der Waals surface area contributed by atoms with Gasteiger partial charge in [-0.15, -0.1) is 0 Å². The molecule has 14 heteroatoms. The molecule has 2 aromatic carbocycles. The topological polar surface area (TPSA) is 108 Å². The van der Waals surface area contributed by atoms with Crippen LogP contribution in [0.3, 0.4) is 0 Å². The number of para-hydroxylation sites is 1. The minimum Gasteiger partial charge on any atom is -0.463 e. The van der Waals surface area contributed by atoms with Crippen LogP contribution in [0.4, 0.5) is 22.0 Å². The number of hydrogen-bond acceptors (Lipinski definition) is 8. The van der Waals surface area contributed by atoms with Gasteiger partial charge in [-0.05, 0) is 30.3 Å². The number of carbonyl (C=O) groups excluding carboxylic acids is 2. The highest BCUT2D eigenvalue weighted by Crippen LogP contribution is 2.37. The van der Waals surface area contributed by atoms with Gasteiger partial charge in [-0.3, -0.25) is 4.79 Å². The van der Waals surface area contributed by atoms with E-state index in [0.29, 0.717) is 5.56 Å². The van der Waals surface area contributed by atoms with Gasteiger partial charge in [-0.25, -0.2) is 18.6 Å². The fourth-order valence-corrected chi connectivity index (χ4v) is 3.97. The Morgan fingerprint density at radius 1 is 1.08 bits per heavy atom. The van der Waals surface area contributed by atoms with E-state index in [1.54, 1.807) is 24.3 Å². The van der Waals surface area contributed by atoms with Crippen LogP contribution in [0.1, 0.15) is 16.8 Å². The van der Waals surface area contributed by atoms with E-state index in [9.17, 15) is 31.5 Å². The van der Waals surface area contributed by atoms with Crippen molar-refractivity contribution in [2.24, 2.45) is 0 Å². The Hall–Kier alpha value is -4.62. The van der Waals surface area contributed by atoms with Crippen LogP contribution in [0, 0.1) is 0 Å². The third-order valence-electron chi connectivity index (χ3n) is 5.92. The minimum atomic E-state index is -5.35. The van der Waals surface area contributed by atoms with Gasteiger partial charge in [0.2, 0.25) is 0 Å². The number of benzene rings is 2. The van der Waals surface area contributed by atoms with Gasteiger partial charge in [0.05, 0.1) is 12.1 Å². The molecule has 0 unspecified atom stereocenters. The number of hydrogen-bond donors (Lipinski definition) is 0. The van der Waals surface area contributed by atoms with E-state index in [1.165, 1.54) is 30.6 Å². The predicted octanol–water partition coefficient (Wildman–Crippen LogP) is 4.68. The Bertz CT molecular complexity index is 1530. The largest absolute Gasteiger partial charge is 0.491 e. The van der Waals surface area contributed by atoms with Crippen molar-refractivity contribution in [3.8, 4) is 23.1 Å². The number of esters is 1. The van der Waals surface area contributed by atoms with E-state index in [1.807, 2.05) is 0 Å². The molecule has 0 saturated carbocycles. The summed E-state index contributed by atoms with van der Waals surface area (Å²) in [6.45, 7) is -0.949. The number of carbonyl (C=O) groups is 2. The summed E-state index contributed by atoms with van der Waals surface area (Å²) in [4.78, 5) is 33.7. The first-order valence-corrected chi connectivity index (χ1v) is 11.4. The van der Waals surface area contributed by atoms with Crippen molar-refractivity contribution in [3.05, 3.63) is 66.5 Å². The van der Waals surface area contributed by atoms with Gasteiger partial charge in [0.25, 0.3) is 23.6 Å². The fraction of sp³-hybridized carbons (Fsp3) is 0.240. The van der Waals surface area contributed by atoms with Crippen molar-refractivity contribution in [3.63, 3.8) is 0 Å². The fourth-order valence-electron chi connectivity index (χ4n) is 3.97. The standard InChI is InChI=1S/C25H17F5N4O5/c26-24(27)8-9-34(22(35)16-6-3-5-15(10-16)20-31-13-32-39-20)12-19(24)38-21-18(37-23(36)25(28,29)30)11-14-4-1-2-7-17(14)33-21/h1-7,10-11,13,19H,8-9,12H2/t19-/m0/s1. The normalized spacial score (nSPS) is 17.2. The molecule has 202 valence electrons. The van der Waals surface area contributed by atoms with Crippen molar-refractivity contribution in [2.75, 3.05) is 13.1 Å². The molecule has 2 aromatic heterocycles. The first-order chi connectivity index (χ1) is 18.5. The van der Waals surface area contributed by atoms with Gasteiger partial charge >= 0.3 is 12.1 Å². The second kappa shape index (κ2) is 9.93. The smallest absolute Gasteiger partial charge is 0.463 e. The van der Waals surface area contributed by atoms with Crippen LogP contribution in [-0.4, -0.2) is 63.2 Å². The van der Waals surface area contributed by atoms with Crippen LogP contribution in [-0.2, 0) is 4.79 Å². The van der Waals surface area contributed by atoms with Crippen molar-refractivity contribution >= 4 is 22.8 Å². The number of ether oxygens (including phenoxy) is 2. The maximum atomic E-state index is 14.9. The monoisotopic (exact) mass is 548 g/mol.